The molecule has 0 radical (unpaired) electrons. The van der Waals surface area contributed by atoms with Crippen LogP contribution in [0, 0.1) is 22.7 Å². The predicted molar refractivity (Wildman–Crippen MR) is 92.7 cm³/mol. The van der Waals surface area contributed by atoms with Gasteiger partial charge in [0, 0.05) is 26.2 Å². The first-order valence-electron chi connectivity index (χ1n) is 8.20. The molecule has 0 unspecified atom stereocenters. The maximum atomic E-state index is 9.57. The summed E-state index contributed by atoms with van der Waals surface area (Å²) >= 11 is 0. The van der Waals surface area contributed by atoms with Gasteiger partial charge < -0.3 is 0 Å². The lowest BCUT2D eigenvalue weighted by Crippen LogP contribution is -2.48. The second-order valence-electron chi connectivity index (χ2n) is 5.96. The minimum atomic E-state index is -0.217. The van der Waals surface area contributed by atoms with E-state index in [1.54, 1.807) is 0 Å². The molecule has 24 heavy (non-hydrogen) atoms. The predicted octanol–water partition coefficient (Wildman–Crippen LogP) is 3.13. The summed E-state index contributed by atoms with van der Waals surface area (Å²) in [5.74, 6) is 0. The van der Waals surface area contributed by atoms with Crippen LogP contribution >= 0.6 is 0 Å². The second-order valence-corrected chi connectivity index (χ2v) is 5.96. The highest BCUT2D eigenvalue weighted by Gasteiger charge is 2.28. The number of hydrogen-bond donors (Lipinski definition) is 0. The SMILES string of the molecule is N#C[C@H](c1ccccc1)N1CCN([C@@H](C#N)c2ccccc2)CC1. The van der Waals surface area contributed by atoms with Gasteiger partial charge in [-0.3, -0.25) is 9.80 Å². The fraction of sp³-hybridized carbons (Fsp3) is 0.300. The van der Waals surface area contributed by atoms with Crippen LogP contribution in [0.25, 0.3) is 0 Å². The van der Waals surface area contributed by atoms with Crippen LogP contribution in [-0.2, 0) is 0 Å². The Kier molecular flexibility index (Phi) is 5.23. The van der Waals surface area contributed by atoms with Gasteiger partial charge >= 0.3 is 0 Å². The molecular weight excluding hydrogens is 296 g/mol. The molecule has 4 nitrogen and oxygen atoms in total. The van der Waals surface area contributed by atoms with Crippen LogP contribution in [0.3, 0.4) is 0 Å². The van der Waals surface area contributed by atoms with E-state index in [0.717, 1.165) is 37.3 Å². The maximum Gasteiger partial charge on any atom is 0.123 e. The molecule has 0 amide bonds. The van der Waals surface area contributed by atoms with Gasteiger partial charge in [-0.2, -0.15) is 10.5 Å². The Labute approximate surface area is 143 Å². The Hall–Kier alpha value is -2.66. The van der Waals surface area contributed by atoms with E-state index >= 15 is 0 Å². The second kappa shape index (κ2) is 7.75. The summed E-state index contributed by atoms with van der Waals surface area (Å²) in [5, 5.41) is 19.1. The van der Waals surface area contributed by atoms with Crippen molar-refractivity contribution in [2.45, 2.75) is 12.1 Å². The van der Waals surface area contributed by atoms with Crippen LogP contribution in [-0.4, -0.2) is 36.0 Å². The lowest BCUT2D eigenvalue weighted by atomic mass is 10.0. The average molecular weight is 316 g/mol. The first-order chi connectivity index (χ1) is 11.8. The Bertz CT molecular complexity index is 656. The lowest BCUT2D eigenvalue weighted by Gasteiger charge is -2.38. The molecular formula is C20H20N4. The molecule has 1 aliphatic heterocycles. The van der Waals surface area contributed by atoms with E-state index in [9.17, 15) is 10.5 Å². The van der Waals surface area contributed by atoms with Gasteiger partial charge in [0.25, 0.3) is 0 Å². The van der Waals surface area contributed by atoms with Crippen molar-refractivity contribution in [3.8, 4) is 12.1 Å². The van der Waals surface area contributed by atoms with Crippen molar-refractivity contribution in [1.29, 1.82) is 10.5 Å². The van der Waals surface area contributed by atoms with Crippen molar-refractivity contribution in [3.63, 3.8) is 0 Å². The smallest absolute Gasteiger partial charge is 0.123 e. The first-order valence-corrected chi connectivity index (χ1v) is 8.20. The van der Waals surface area contributed by atoms with Gasteiger partial charge in [-0.25, -0.2) is 0 Å². The minimum Gasteiger partial charge on any atom is -0.282 e. The Morgan fingerprint density at radius 2 is 0.958 bits per heavy atom. The average Bonchev–Trinajstić information content (AvgIpc) is 2.66. The van der Waals surface area contributed by atoms with Crippen LogP contribution < -0.4 is 0 Å². The molecule has 2 aromatic carbocycles. The number of hydrogen-bond acceptors (Lipinski definition) is 4. The van der Waals surface area contributed by atoms with E-state index in [-0.39, 0.29) is 12.1 Å². The molecule has 1 heterocycles. The molecule has 0 bridgehead atoms. The highest BCUT2D eigenvalue weighted by molar-refractivity contribution is 5.26. The molecule has 0 N–H and O–H groups in total. The Morgan fingerprint density at radius 1 is 0.625 bits per heavy atom. The zero-order valence-corrected chi connectivity index (χ0v) is 13.5. The third kappa shape index (κ3) is 3.46. The summed E-state index contributed by atoms with van der Waals surface area (Å²) in [7, 11) is 0. The zero-order valence-electron chi connectivity index (χ0n) is 13.5. The van der Waals surface area contributed by atoms with Gasteiger partial charge in [0.2, 0.25) is 0 Å². The third-order valence-electron chi connectivity index (χ3n) is 4.55. The van der Waals surface area contributed by atoms with Crippen molar-refractivity contribution in [1.82, 2.24) is 9.80 Å². The quantitative estimate of drug-likeness (QED) is 0.869. The van der Waals surface area contributed by atoms with Crippen LogP contribution in [0.15, 0.2) is 60.7 Å². The summed E-state index contributed by atoms with van der Waals surface area (Å²) in [5.41, 5.74) is 2.07. The first kappa shape index (κ1) is 16.2. The van der Waals surface area contributed by atoms with Crippen LogP contribution in [0.1, 0.15) is 23.2 Å². The van der Waals surface area contributed by atoms with Gasteiger partial charge in [0.1, 0.15) is 12.1 Å². The molecule has 2 atom stereocenters. The van der Waals surface area contributed by atoms with Crippen molar-refractivity contribution < 1.29 is 0 Å². The summed E-state index contributed by atoms with van der Waals surface area (Å²) < 4.78 is 0. The Balaban J connectivity index is 1.67. The molecule has 1 aliphatic rings. The lowest BCUT2D eigenvalue weighted by molar-refractivity contribution is 0.0979. The molecule has 1 fully saturated rings. The van der Waals surface area contributed by atoms with E-state index in [4.69, 9.17) is 0 Å². The molecule has 0 saturated carbocycles. The molecule has 0 aliphatic carbocycles. The van der Waals surface area contributed by atoms with Gasteiger partial charge in [-0.15, -0.1) is 0 Å². The topological polar surface area (TPSA) is 54.1 Å². The van der Waals surface area contributed by atoms with Gasteiger partial charge in [0.15, 0.2) is 0 Å². The molecule has 2 aromatic rings. The van der Waals surface area contributed by atoms with Crippen molar-refractivity contribution in [2.75, 3.05) is 26.2 Å². The van der Waals surface area contributed by atoms with E-state index in [0.29, 0.717) is 0 Å². The third-order valence-corrected chi connectivity index (χ3v) is 4.55. The zero-order chi connectivity index (χ0) is 16.8. The van der Waals surface area contributed by atoms with Crippen LogP contribution in [0.5, 0.6) is 0 Å². The summed E-state index contributed by atoms with van der Waals surface area (Å²) in [6, 6.07) is 24.2. The van der Waals surface area contributed by atoms with Gasteiger partial charge in [-0.05, 0) is 11.1 Å². The number of benzene rings is 2. The minimum absolute atomic E-state index is 0.217. The molecule has 0 aromatic heterocycles. The largest absolute Gasteiger partial charge is 0.282 e. The standard InChI is InChI=1S/C20H20N4/c21-15-19(17-7-3-1-4-8-17)23-11-13-24(14-12-23)20(16-22)18-9-5-2-6-10-18/h1-10,19-20H,11-14H2/t19-,20+. The number of piperazine rings is 1. The number of nitrogens with zero attached hydrogens (tertiary/aromatic N) is 4. The molecule has 3 rings (SSSR count). The van der Waals surface area contributed by atoms with Gasteiger partial charge in [0.05, 0.1) is 12.1 Å². The van der Waals surface area contributed by atoms with Crippen molar-refractivity contribution in [2.24, 2.45) is 0 Å². The van der Waals surface area contributed by atoms with Gasteiger partial charge in [-0.1, -0.05) is 60.7 Å². The molecule has 4 heteroatoms. The number of nitriles is 2. The molecule has 1 saturated heterocycles. The maximum absolute atomic E-state index is 9.57. The highest BCUT2D eigenvalue weighted by Crippen LogP contribution is 2.25. The molecule has 120 valence electrons. The van der Waals surface area contributed by atoms with E-state index < -0.39 is 0 Å². The Morgan fingerprint density at radius 3 is 1.25 bits per heavy atom. The summed E-state index contributed by atoms with van der Waals surface area (Å²) in [6.07, 6.45) is 0. The monoisotopic (exact) mass is 316 g/mol. The normalized spacial score (nSPS) is 18.2. The van der Waals surface area contributed by atoms with E-state index in [1.807, 2.05) is 60.7 Å². The van der Waals surface area contributed by atoms with Crippen molar-refractivity contribution in [3.05, 3.63) is 71.8 Å². The molecule has 0 spiro atoms. The fourth-order valence-electron chi connectivity index (χ4n) is 3.26. The number of rotatable bonds is 4. The van der Waals surface area contributed by atoms with E-state index in [2.05, 4.69) is 21.9 Å². The summed E-state index contributed by atoms with van der Waals surface area (Å²) in [6.45, 7) is 3.16. The van der Waals surface area contributed by atoms with Crippen molar-refractivity contribution >= 4 is 0 Å². The summed E-state index contributed by atoms with van der Waals surface area (Å²) in [4.78, 5) is 4.40. The highest BCUT2D eigenvalue weighted by atomic mass is 15.3. The fourth-order valence-corrected chi connectivity index (χ4v) is 3.26. The van der Waals surface area contributed by atoms with E-state index in [1.165, 1.54) is 0 Å². The van der Waals surface area contributed by atoms with Crippen LogP contribution in [0.4, 0.5) is 0 Å². The van der Waals surface area contributed by atoms with Crippen LogP contribution in [0.2, 0.25) is 0 Å².